The molecule has 0 heterocycles. The van der Waals surface area contributed by atoms with E-state index in [-0.39, 0.29) is 0 Å². The summed E-state index contributed by atoms with van der Waals surface area (Å²) >= 11 is 0. The highest BCUT2D eigenvalue weighted by Gasteiger charge is 2.36. The predicted octanol–water partition coefficient (Wildman–Crippen LogP) is 0.287. The van der Waals surface area contributed by atoms with E-state index in [0.29, 0.717) is 19.1 Å². The third-order valence-corrected chi connectivity index (χ3v) is 5.67. The van der Waals surface area contributed by atoms with Crippen LogP contribution in [-0.4, -0.2) is 59.8 Å². The molecule has 0 saturated heterocycles. The first-order valence-electron chi connectivity index (χ1n) is 5.99. The monoisotopic (exact) mass is 310 g/mol. The van der Waals surface area contributed by atoms with Gasteiger partial charge in [0.05, 0.1) is 6.61 Å². The van der Waals surface area contributed by atoms with Gasteiger partial charge in [0.1, 0.15) is 10.5 Å². The van der Waals surface area contributed by atoms with Gasteiger partial charge in [0, 0.05) is 40.1 Å². The molecule has 0 fully saturated rings. The molecule has 114 valence electrons. The third-order valence-electron chi connectivity index (χ3n) is 2.26. The normalized spacial score (nSPS) is 10.5. The fourth-order valence-corrected chi connectivity index (χ4v) is 2.77. The second kappa shape index (κ2) is 13.9. The number of carbonyl (C=O) groups excluding carboxylic acids is 1. The van der Waals surface area contributed by atoms with Crippen molar-refractivity contribution in [2.45, 2.75) is 19.4 Å². The minimum Gasteiger partial charge on any atom is -0.463 e. The van der Waals surface area contributed by atoms with Crippen LogP contribution in [0.15, 0.2) is 12.7 Å². The van der Waals surface area contributed by atoms with Crippen molar-refractivity contribution in [2.24, 2.45) is 0 Å². The number of carbonyl (C=O) groups is 1. The van der Waals surface area contributed by atoms with Gasteiger partial charge in [-0.1, -0.05) is 6.58 Å². The molecule has 0 amide bonds. The van der Waals surface area contributed by atoms with E-state index in [1.54, 1.807) is 21.3 Å². The summed E-state index contributed by atoms with van der Waals surface area (Å²) in [6.07, 6.45) is 1.77. The van der Waals surface area contributed by atoms with Gasteiger partial charge in [-0.05, 0) is 13.3 Å². The smallest absolute Gasteiger partial charge is 0.463 e. The van der Waals surface area contributed by atoms with E-state index < -0.39 is 14.8 Å². The quantitative estimate of drug-likeness (QED) is 0.264. The lowest BCUT2D eigenvalue weighted by molar-refractivity contribution is -0.137. The molecule has 19 heavy (non-hydrogen) atoms. The van der Waals surface area contributed by atoms with Gasteiger partial charge in [0.25, 0.3) is 0 Å². The molecule has 8 heteroatoms. The van der Waals surface area contributed by atoms with Gasteiger partial charge in [-0.3, -0.25) is 0 Å². The summed E-state index contributed by atoms with van der Waals surface area (Å²) in [7, 11) is 3.02. The summed E-state index contributed by atoms with van der Waals surface area (Å²) in [6, 6.07) is 0.612. The maximum absolute atomic E-state index is 10.7. The summed E-state index contributed by atoms with van der Waals surface area (Å²) < 4.78 is 25.1. The SMILES string of the molecule is C=CC(=O)OCCC[Si](OC)(OC)OC.CCO[SiH3]. The van der Waals surface area contributed by atoms with Gasteiger partial charge in [-0.2, -0.15) is 0 Å². The molecule has 0 aliphatic heterocycles. The highest BCUT2D eigenvalue weighted by atomic mass is 28.4. The Morgan fingerprint density at radius 3 is 2.05 bits per heavy atom. The lowest BCUT2D eigenvalue weighted by atomic mass is 10.5. The second-order valence-electron chi connectivity index (χ2n) is 3.35. The summed E-state index contributed by atoms with van der Waals surface area (Å²) in [6.45, 7) is 6.49. The molecule has 0 aliphatic carbocycles. The van der Waals surface area contributed by atoms with Crippen LogP contribution in [0.25, 0.3) is 0 Å². The van der Waals surface area contributed by atoms with Crippen LogP contribution < -0.4 is 0 Å². The van der Waals surface area contributed by atoms with Gasteiger partial charge < -0.3 is 22.4 Å². The Morgan fingerprint density at radius 2 is 1.74 bits per heavy atom. The lowest BCUT2D eigenvalue weighted by Gasteiger charge is -2.23. The van der Waals surface area contributed by atoms with Gasteiger partial charge in [-0.25, -0.2) is 4.79 Å². The zero-order valence-electron chi connectivity index (χ0n) is 12.6. The van der Waals surface area contributed by atoms with E-state index in [0.717, 1.165) is 23.2 Å². The lowest BCUT2D eigenvalue weighted by Crippen LogP contribution is -2.42. The first-order chi connectivity index (χ1) is 9.05. The van der Waals surface area contributed by atoms with Crippen LogP contribution in [0.3, 0.4) is 0 Å². The van der Waals surface area contributed by atoms with Crippen LogP contribution in [0, 0.1) is 0 Å². The minimum absolute atomic E-state index is 0.315. The average molecular weight is 310 g/mol. The molecule has 0 aromatic rings. The van der Waals surface area contributed by atoms with Crippen molar-refractivity contribution in [1.82, 2.24) is 0 Å². The average Bonchev–Trinajstić information content (AvgIpc) is 2.48. The van der Waals surface area contributed by atoms with Crippen LogP contribution in [0.5, 0.6) is 0 Å². The van der Waals surface area contributed by atoms with Crippen molar-refractivity contribution < 1.29 is 27.2 Å². The molecule has 0 rings (SSSR count). The summed E-state index contributed by atoms with van der Waals surface area (Å²) in [5.74, 6) is -0.422. The summed E-state index contributed by atoms with van der Waals surface area (Å²) in [5, 5.41) is 0. The number of esters is 1. The van der Waals surface area contributed by atoms with Crippen molar-refractivity contribution in [2.75, 3.05) is 34.5 Å². The first-order valence-corrected chi connectivity index (χ1v) is 8.74. The second-order valence-corrected chi connectivity index (χ2v) is 7.02. The van der Waals surface area contributed by atoms with Gasteiger partial charge in [-0.15, -0.1) is 0 Å². The van der Waals surface area contributed by atoms with E-state index in [1.807, 2.05) is 6.92 Å². The minimum atomic E-state index is -2.52. The number of rotatable bonds is 9. The zero-order valence-corrected chi connectivity index (χ0v) is 15.6. The van der Waals surface area contributed by atoms with Gasteiger partial charge in [0.15, 0.2) is 0 Å². The topological polar surface area (TPSA) is 63.2 Å². The first kappa shape index (κ1) is 20.8. The molecule has 0 N–H and O–H groups in total. The summed E-state index contributed by atoms with van der Waals surface area (Å²) in [5.41, 5.74) is 0. The van der Waals surface area contributed by atoms with Crippen molar-refractivity contribution >= 4 is 25.3 Å². The molecule has 0 saturated carbocycles. The molecule has 0 radical (unpaired) electrons. The standard InChI is InChI=1S/C9H18O5Si.C2H8OSi/c1-5-9(10)14-7-6-8-15(11-2,12-3)13-4;1-2-3-4/h5H,1,6-8H2,2-4H3;2H2,1,4H3. The third kappa shape index (κ3) is 11.0. The van der Waals surface area contributed by atoms with Crippen molar-refractivity contribution in [3.8, 4) is 0 Å². The van der Waals surface area contributed by atoms with E-state index >= 15 is 0 Å². The van der Waals surface area contributed by atoms with Crippen molar-refractivity contribution in [3.05, 3.63) is 12.7 Å². The Labute approximate surface area is 119 Å². The molecule has 0 bridgehead atoms. The number of ether oxygens (including phenoxy) is 1. The van der Waals surface area contributed by atoms with Crippen molar-refractivity contribution in [3.63, 3.8) is 0 Å². The molecule has 0 atom stereocenters. The molecule has 0 unspecified atom stereocenters. The molecule has 0 aromatic heterocycles. The van der Waals surface area contributed by atoms with Crippen LogP contribution in [0.4, 0.5) is 0 Å². The van der Waals surface area contributed by atoms with E-state index in [9.17, 15) is 4.79 Å². The van der Waals surface area contributed by atoms with Crippen molar-refractivity contribution in [1.29, 1.82) is 0 Å². The van der Waals surface area contributed by atoms with E-state index in [1.165, 1.54) is 0 Å². The molecule has 6 nitrogen and oxygen atoms in total. The van der Waals surface area contributed by atoms with Gasteiger partial charge >= 0.3 is 14.8 Å². The van der Waals surface area contributed by atoms with Gasteiger partial charge in [0.2, 0.25) is 0 Å². The fourth-order valence-electron chi connectivity index (χ4n) is 1.08. The van der Waals surface area contributed by atoms with Crippen LogP contribution in [0.1, 0.15) is 13.3 Å². The highest BCUT2D eigenvalue weighted by Crippen LogP contribution is 2.14. The molecular formula is C11H26O6Si2. The Kier molecular flexibility index (Phi) is 15.2. The highest BCUT2D eigenvalue weighted by molar-refractivity contribution is 6.60. The summed E-state index contributed by atoms with van der Waals surface area (Å²) in [4.78, 5) is 10.7. The van der Waals surface area contributed by atoms with Crippen LogP contribution in [0.2, 0.25) is 6.04 Å². The fraction of sp³-hybridized carbons (Fsp3) is 0.727. The zero-order chi connectivity index (χ0) is 15.1. The maximum atomic E-state index is 10.7. The molecule has 0 spiro atoms. The Balaban J connectivity index is 0. The largest absolute Gasteiger partial charge is 0.500 e. The Hall–Kier alpha value is -0.516. The van der Waals surface area contributed by atoms with E-state index in [4.69, 9.17) is 18.0 Å². The molecule has 0 aromatic carbocycles. The number of hydrogen-bond donors (Lipinski definition) is 0. The molecule has 0 aliphatic rings. The maximum Gasteiger partial charge on any atom is 0.500 e. The molecular weight excluding hydrogens is 284 g/mol. The number of hydrogen-bond acceptors (Lipinski definition) is 6. The Bertz CT molecular complexity index is 223. The van der Waals surface area contributed by atoms with Crippen LogP contribution >= 0.6 is 0 Å². The van der Waals surface area contributed by atoms with Crippen LogP contribution in [-0.2, 0) is 27.2 Å². The predicted molar refractivity (Wildman–Crippen MR) is 78.9 cm³/mol. The Morgan fingerprint density at radius 1 is 1.26 bits per heavy atom. The van der Waals surface area contributed by atoms with E-state index in [2.05, 4.69) is 11.0 Å².